The molecule has 136 valence electrons. The Hall–Kier alpha value is -1.81. The molecule has 1 aliphatic rings. The first-order valence-electron chi connectivity index (χ1n) is 9.26. The molecule has 0 spiro atoms. The van der Waals surface area contributed by atoms with E-state index in [4.69, 9.17) is 9.15 Å². The summed E-state index contributed by atoms with van der Waals surface area (Å²) in [5.74, 6) is 0.762. The first kappa shape index (κ1) is 18.0. The van der Waals surface area contributed by atoms with Gasteiger partial charge in [-0.15, -0.1) is 0 Å². The van der Waals surface area contributed by atoms with Gasteiger partial charge in [-0.1, -0.05) is 27.2 Å². The Kier molecular flexibility index (Phi) is 5.19. The maximum atomic E-state index is 12.2. The lowest BCUT2D eigenvalue weighted by molar-refractivity contribution is 0.153. The molecular weight excluding hydrogens is 314 g/mol. The first-order chi connectivity index (χ1) is 11.8. The van der Waals surface area contributed by atoms with Crippen molar-refractivity contribution in [3.05, 3.63) is 40.2 Å². The van der Waals surface area contributed by atoms with Crippen molar-refractivity contribution >= 4 is 11.0 Å². The Morgan fingerprint density at radius 1 is 1.24 bits per heavy atom. The van der Waals surface area contributed by atoms with Gasteiger partial charge in [0.15, 0.2) is 0 Å². The van der Waals surface area contributed by atoms with Crippen LogP contribution in [0.2, 0.25) is 0 Å². The van der Waals surface area contributed by atoms with Crippen LogP contribution in [-0.4, -0.2) is 31.1 Å². The summed E-state index contributed by atoms with van der Waals surface area (Å²) >= 11 is 0. The molecule has 1 aliphatic heterocycles. The van der Waals surface area contributed by atoms with Crippen LogP contribution >= 0.6 is 0 Å². The zero-order valence-corrected chi connectivity index (χ0v) is 15.8. The number of hydrogen-bond acceptors (Lipinski definition) is 4. The highest BCUT2D eigenvalue weighted by atomic mass is 16.5. The molecule has 1 aromatic carbocycles. The topological polar surface area (TPSA) is 42.7 Å². The summed E-state index contributed by atoms with van der Waals surface area (Å²) in [6, 6.07) is 8.30. The van der Waals surface area contributed by atoms with Crippen molar-refractivity contribution in [3.8, 4) is 5.75 Å². The standard InChI is InChI=1S/C21H29NO3/c1-21(2,3)18-13-15-8-9-17(14-19(15)25-20(18)23)24-12-10-16-7-5-6-11-22(16)4/h8-9,13-14,16H,5-7,10-12H2,1-4H3. The predicted octanol–water partition coefficient (Wildman–Crippen LogP) is 4.34. The Bertz CT molecular complexity index is 788. The van der Waals surface area contributed by atoms with Crippen molar-refractivity contribution in [1.82, 2.24) is 4.90 Å². The minimum atomic E-state index is -0.263. The molecule has 1 aromatic heterocycles. The van der Waals surface area contributed by atoms with E-state index >= 15 is 0 Å². The third-order valence-electron chi connectivity index (χ3n) is 5.16. The van der Waals surface area contributed by atoms with Gasteiger partial charge in [0.2, 0.25) is 0 Å². The van der Waals surface area contributed by atoms with E-state index in [1.165, 1.54) is 25.8 Å². The fraction of sp³-hybridized carbons (Fsp3) is 0.571. The molecule has 2 heterocycles. The van der Waals surface area contributed by atoms with Gasteiger partial charge in [0.1, 0.15) is 11.3 Å². The van der Waals surface area contributed by atoms with Crippen LogP contribution in [0.4, 0.5) is 0 Å². The number of likely N-dealkylation sites (tertiary alicyclic amines) is 1. The van der Waals surface area contributed by atoms with E-state index < -0.39 is 0 Å². The second-order valence-electron chi connectivity index (χ2n) is 8.16. The molecule has 0 radical (unpaired) electrons. The average Bonchev–Trinajstić information content (AvgIpc) is 2.55. The van der Waals surface area contributed by atoms with E-state index in [2.05, 4.69) is 11.9 Å². The summed E-state index contributed by atoms with van der Waals surface area (Å²) < 4.78 is 11.4. The minimum absolute atomic E-state index is 0.226. The van der Waals surface area contributed by atoms with Crippen LogP contribution in [0.3, 0.4) is 0 Å². The maximum Gasteiger partial charge on any atom is 0.339 e. The largest absolute Gasteiger partial charge is 0.493 e. The molecule has 0 N–H and O–H groups in total. The third kappa shape index (κ3) is 4.24. The maximum absolute atomic E-state index is 12.2. The van der Waals surface area contributed by atoms with E-state index in [9.17, 15) is 4.79 Å². The van der Waals surface area contributed by atoms with E-state index in [1.807, 2.05) is 45.0 Å². The summed E-state index contributed by atoms with van der Waals surface area (Å²) in [6.07, 6.45) is 4.89. The van der Waals surface area contributed by atoms with Crippen molar-refractivity contribution in [2.75, 3.05) is 20.2 Å². The zero-order valence-electron chi connectivity index (χ0n) is 15.8. The molecule has 4 nitrogen and oxygen atoms in total. The Morgan fingerprint density at radius 2 is 2.04 bits per heavy atom. The second-order valence-corrected chi connectivity index (χ2v) is 8.16. The van der Waals surface area contributed by atoms with Crippen LogP contribution in [0.15, 0.2) is 33.5 Å². The molecule has 1 atom stereocenters. The molecule has 0 saturated carbocycles. The number of rotatable bonds is 4. The van der Waals surface area contributed by atoms with Crippen LogP contribution in [-0.2, 0) is 5.41 Å². The van der Waals surface area contributed by atoms with Gasteiger partial charge < -0.3 is 14.1 Å². The lowest BCUT2D eigenvalue weighted by Crippen LogP contribution is -2.37. The summed E-state index contributed by atoms with van der Waals surface area (Å²) in [5, 5.41) is 0.934. The van der Waals surface area contributed by atoms with Crippen molar-refractivity contribution in [1.29, 1.82) is 0 Å². The molecule has 4 heteroatoms. The summed E-state index contributed by atoms with van der Waals surface area (Å²) in [7, 11) is 2.20. The van der Waals surface area contributed by atoms with Crippen molar-refractivity contribution < 1.29 is 9.15 Å². The number of hydrogen-bond donors (Lipinski definition) is 0. The summed E-state index contributed by atoms with van der Waals surface area (Å²) in [6.45, 7) is 7.92. The monoisotopic (exact) mass is 343 g/mol. The normalized spacial score (nSPS) is 19.3. The minimum Gasteiger partial charge on any atom is -0.493 e. The Balaban J connectivity index is 1.70. The molecular formula is C21H29NO3. The molecule has 1 unspecified atom stereocenters. The van der Waals surface area contributed by atoms with Crippen molar-refractivity contribution in [2.45, 2.75) is 57.9 Å². The van der Waals surface area contributed by atoms with Crippen LogP contribution in [0.1, 0.15) is 52.0 Å². The molecule has 1 saturated heterocycles. The molecule has 2 aromatic rings. The highest BCUT2D eigenvalue weighted by Crippen LogP contribution is 2.26. The van der Waals surface area contributed by atoms with E-state index in [1.54, 1.807) is 0 Å². The van der Waals surface area contributed by atoms with Crippen molar-refractivity contribution in [2.24, 2.45) is 0 Å². The predicted molar refractivity (Wildman–Crippen MR) is 102 cm³/mol. The van der Waals surface area contributed by atoms with E-state index in [0.717, 1.165) is 17.6 Å². The Labute approximate surface area is 149 Å². The van der Waals surface area contributed by atoms with E-state index in [-0.39, 0.29) is 11.0 Å². The number of fused-ring (bicyclic) bond motifs is 1. The van der Waals surface area contributed by atoms with Gasteiger partial charge >= 0.3 is 5.63 Å². The number of benzene rings is 1. The molecule has 1 fully saturated rings. The lowest BCUT2D eigenvalue weighted by Gasteiger charge is -2.32. The van der Waals surface area contributed by atoms with Crippen LogP contribution in [0.5, 0.6) is 5.75 Å². The molecule has 3 rings (SSSR count). The molecule has 0 aliphatic carbocycles. The zero-order chi connectivity index (χ0) is 18.0. The average molecular weight is 343 g/mol. The van der Waals surface area contributed by atoms with Gasteiger partial charge in [-0.25, -0.2) is 4.79 Å². The quantitative estimate of drug-likeness (QED) is 0.774. The van der Waals surface area contributed by atoms with Gasteiger partial charge in [0.05, 0.1) is 6.61 Å². The summed E-state index contributed by atoms with van der Waals surface area (Å²) in [4.78, 5) is 14.7. The Morgan fingerprint density at radius 3 is 2.76 bits per heavy atom. The summed E-state index contributed by atoms with van der Waals surface area (Å²) in [5.41, 5.74) is 0.802. The smallest absolute Gasteiger partial charge is 0.339 e. The van der Waals surface area contributed by atoms with Gasteiger partial charge in [0.25, 0.3) is 0 Å². The fourth-order valence-electron chi connectivity index (χ4n) is 3.53. The number of piperidine rings is 1. The van der Waals surface area contributed by atoms with Gasteiger partial charge in [-0.2, -0.15) is 0 Å². The van der Waals surface area contributed by atoms with Gasteiger partial charge in [-0.05, 0) is 56.5 Å². The highest BCUT2D eigenvalue weighted by molar-refractivity contribution is 5.78. The fourth-order valence-corrected chi connectivity index (χ4v) is 3.53. The van der Waals surface area contributed by atoms with Crippen molar-refractivity contribution in [3.63, 3.8) is 0 Å². The van der Waals surface area contributed by atoms with Gasteiger partial charge in [-0.3, -0.25) is 0 Å². The van der Waals surface area contributed by atoms with Gasteiger partial charge in [0, 0.05) is 23.1 Å². The molecule has 0 bridgehead atoms. The number of ether oxygens (including phenoxy) is 1. The third-order valence-corrected chi connectivity index (χ3v) is 5.16. The van der Waals surface area contributed by atoms with E-state index in [0.29, 0.717) is 23.8 Å². The second kappa shape index (κ2) is 7.20. The first-order valence-corrected chi connectivity index (χ1v) is 9.26. The lowest BCUT2D eigenvalue weighted by atomic mass is 9.88. The van der Waals surface area contributed by atoms with Crippen LogP contribution in [0.25, 0.3) is 11.0 Å². The van der Waals surface area contributed by atoms with Crippen LogP contribution < -0.4 is 10.4 Å². The molecule has 0 amide bonds. The number of nitrogens with zero attached hydrogens (tertiary/aromatic N) is 1. The molecule has 25 heavy (non-hydrogen) atoms. The highest BCUT2D eigenvalue weighted by Gasteiger charge is 2.20. The van der Waals surface area contributed by atoms with Crippen LogP contribution in [0, 0.1) is 0 Å². The SMILES string of the molecule is CN1CCCCC1CCOc1ccc2cc(C(C)(C)C)c(=O)oc2c1.